The quantitative estimate of drug-likeness (QED) is 0.400. The Hall–Kier alpha value is -3.84. The standard InChI is InChI=1S/C29H30N2O5/c1-3-17-35-23-16-15-21(18-24(23)34-4-2)26-25-27(36-31(26)22-13-9-6-10-14-22)29(33)30(28(25)32)19-20-11-7-5-8-12-20/h5-16,18,25-27H,3-4,17,19H2,1-2H3/t25-,26-,27+/m1/s1. The minimum atomic E-state index is -0.891. The number of fused-ring (bicyclic) bond motifs is 1. The van der Waals surface area contributed by atoms with Gasteiger partial charge in [-0.1, -0.05) is 61.5 Å². The average molecular weight is 487 g/mol. The summed E-state index contributed by atoms with van der Waals surface area (Å²) in [6.45, 7) is 5.24. The van der Waals surface area contributed by atoms with Gasteiger partial charge < -0.3 is 9.47 Å². The van der Waals surface area contributed by atoms with Gasteiger partial charge in [-0.05, 0) is 48.7 Å². The van der Waals surface area contributed by atoms with Gasteiger partial charge in [-0.3, -0.25) is 19.3 Å². The topological polar surface area (TPSA) is 68.3 Å². The van der Waals surface area contributed by atoms with Crippen molar-refractivity contribution >= 4 is 17.5 Å². The van der Waals surface area contributed by atoms with Gasteiger partial charge in [-0.2, -0.15) is 0 Å². The Balaban J connectivity index is 1.53. The molecule has 2 heterocycles. The summed E-state index contributed by atoms with van der Waals surface area (Å²) in [5.41, 5.74) is 2.49. The summed E-state index contributed by atoms with van der Waals surface area (Å²) in [4.78, 5) is 34.7. The van der Waals surface area contributed by atoms with E-state index in [1.54, 1.807) is 5.06 Å². The zero-order valence-corrected chi connectivity index (χ0v) is 20.5. The van der Waals surface area contributed by atoms with Gasteiger partial charge in [0, 0.05) is 0 Å². The van der Waals surface area contributed by atoms with E-state index < -0.39 is 18.1 Å². The number of anilines is 1. The van der Waals surface area contributed by atoms with Crippen molar-refractivity contribution in [3.05, 3.63) is 90.0 Å². The first kappa shape index (κ1) is 23.9. The van der Waals surface area contributed by atoms with Gasteiger partial charge in [0.05, 0.1) is 31.5 Å². The molecule has 7 nitrogen and oxygen atoms in total. The van der Waals surface area contributed by atoms with Crippen molar-refractivity contribution in [2.75, 3.05) is 18.3 Å². The van der Waals surface area contributed by atoms with Crippen LogP contribution in [0.4, 0.5) is 5.69 Å². The number of carbonyl (C=O) groups excluding carboxylic acids is 2. The van der Waals surface area contributed by atoms with Gasteiger partial charge in [0.1, 0.15) is 5.92 Å². The lowest BCUT2D eigenvalue weighted by molar-refractivity contribution is -0.143. The lowest BCUT2D eigenvalue weighted by Gasteiger charge is -2.29. The minimum absolute atomic E-state index is 0.223. The number of ether oxygens (including phenoxy) is 2. The highest BCUT2D eigenvalue weighted by Crippen LogP contribution is 2.48. The zero-order valence-electron chi connectivity index (χ0n) is 20.5. The van der Waals surface area contributed by atoms with Crippen molar-refractivity contribution in [3.63, 3.8) is 0 Å². The summed E-state index contributed by atoms with van der Waals surface area (Å²) in [5, 5.41) is 1.70. The molecule has 2 aliphatic rings. The van der Waals surface area contributed by atoms with E-state index >= 15 is 0 Å². The molecule has 0 N–H and O–H groups in total. The summed E-state index contributed by atoms with van der Waals surface area (Å²) in [7, 11) is 0. The van der Waals surface area contributed by atoms with Crippen LogP contribution in [0.1, 0.15) is 37.4 Å². The van der Waals surface area contributed by atoms with E-state index in [2.05, 4.69) is 0 Å². The Bertz CT molecular complexity index is 1220. The second-order valence-corrected chi connectivity index (χ2v) is 8.89. The molecule has 2 saturated heterocycles. The number of para-hydroxylation sites is 1. The van der Waals surface area contributed by atoms with Gasteiger partial charge >= 0.3 is 0 Å². The Labute approximate surface area is 211 Å². The minimum Gasteiger partial charge on any atom is -0.490 e. The molecule has 186 valence electrons. The normalized spacial score (nSPS) is 21.1. The van der Waals surface area contributed by atoms with Gasteiger partial charge in [0.15, 0.2) is 17.6 Å². The first-order chi connectivity index (χ1) is 17.6. The van der Waals surface area contributed by atoms with Gasteiger partial charge in [0.2, 0.25) is 5.91 Å². The highest BCUT2D eigenvalue weighted by atomic mass is 16.7. The molecule has 7 heteroatoms. The summed E-state index contributed by atoms with van der Waals surface area (Å²) in [6.07, 6.45) is -0.0126. The van der Waals surface area contributed by atoms with Crippen molar-refractivity contribution in [2.24, 2.45) is 5.92 Å². The number of benzene rings is 3. The molecule has 3 atom stereocenters. The number of rotatable bonds is 9. The van der Waals surface area contributed by atoms with E-state index in [0.29, 0.717) is 24.7 Å². The molecule has 2 aliphatic heterocycles. The van der Waals surface area contributed by atoms with Crippen LogP contribution in [-0.2, 0) is 21.0 Å². The number of hydrogen-bond donors (Lipinski definition) is 0. The fourth-order valence-electron chi connectivity index (χ4n) is 4.84. The van der Waals surface area contributed by atoms with Gasteiger partial charge in [-0.15, -0.1) is 0 Å². The molecule has 0 radical (unpaired) electrons. The number of hydrogen-bond acceptors (Lipinski definition) is 6. The largest absolute Gasteiger partial charge is 0.490 e. The number of amides is 2. The molecule has 5 rings (SSSR count). The van der Waals surface area contributed by atoms with Crippen LogP contribution in [0.3, 0.4) is 0 Å². The predicted molar refractivity (Wildman–Crippen MR) is 135 cm³/mol. The molecule has 0 aromatic heterocycles. The number of hydroxylamine groups is 1. The Morgan fingerprint density at radius 2 is 1.56 bits per heavy atom. The van der Waals surface area contributed by atoms with Crippen LogP contribution in [0.5, 0.6) is 11.5 Å². The smallest absolute Gasteiger partial charge is 0.262 e. The third kappa shape index (κ3) is 4.42. The van der Waals surface area contributed by atoms with Crippen LogP contribution in [0, 0.1) is 5.92 Å². The van der Waals surface area contributed by atoms with Crippen LogP contribution in [0.2, 0.25) is 0 Å². The average Bonchev–Trinajstić information content (AvgIpc) is 3.41. The first-order valence-corrected chi connectivity index (χ1v) is 12.4. The molecule has 3 aromatic rings. The predicted octanol–water partition coefficient (Wildman–Crippen LogP) is 4.92. The molecule has 36 heavy (non-hydrogen) atoms. The van der Waals surface area contributed by atoms with E-state index in [9.17, 15) is 9.59 Å². The molecular formula is C29H30N2O5. The summed E-state index contributed by atoms with van der Waals surface area (Å²) in [5.74, 6) is 0.0339. The van der Waals surface area contributed by atoms with E-state index in [1.807, 2.05) is 92.7 Å². The third-order valence-electron chi connectivity index (χ3n) is 6.47. The summed E-state index contributed by atoms with van der Waals surface area (Å²) in [6, 6.07) is 24.3. The van der Waals surface area contributed by atoms with E-state index in [1.165, 1.54) is 4.90 Å². The lowest BCUT2D eigenvalue weighted by Crippen LogP contribution is -2.36. The third-order valence-corrected chi connectivity index (χ3v) is 6.47. The van der Waals surface area contributed by atoms with Crippen molar-refractivity contribution in [1.29, 1.82) is 0 Å². The molecule has 2 fully saturated rings. The van der Waals surface area contributed by atoms with Gasteiger partial charge in [-0.25, -0.2) is 5.06 Å². The van der Waals surface area contributed by atoms with Gasteiger partial charge in [0.25, 0.3) is 5.91 Å². The lowest BCUT2D eigenvalue weighted by atomic mass is 9.90. The first-order valence-electron chi connectivity index (χ1n) is 12.4. The van der Waals surface area contributed by atoms with E-state index in [4.69, 9.17) is 14.3 Å². The van der Waals surface area contributed by atoms with Crippen LogP contribution < -0.4 is 14.5 Å². The highest BCUT2D eigenvalue weighted by molar-refractivity contribution is 6.07. The Morgan fingerprint density at radius 1 is 0.833 bits per heavy atom. The van der Waals surface area contributed by atoms with Crippen LogP contribution in [-0.4, -0.2) is 36.0 Å². The fraction of sp³-hybridized carbons (Fsp3) is 0.310. The fourth-order valence-corrected chi connectivity index (χ4v) is 4.84. The molecule has 3 aromatic carbocycles. The second-order valence-electron chi connectivity index (χ2n) is 8.89. The maximum atomic E-state index is 13.7. The second kappa shape index (κ2) is 10.4. The zero-order chi connectivity index (χ0) is 25.1. The SMILES string of the molecule is CCCOc1ccc([C@@H]2[C@H]3C(=O)N(Cc4ccccc4)C(=O)[C@H]3ON2c2ccccc2)cc1OCC. The molecule has 0 aliphatic carbocycles. The number of nitrogens with zero attached hydrogens (tertiary/aromatic N) is 2. The molecule has 0 unspecified atom stereocenters. The van der Waals surface area contributed by atoms with E-state index in [-0.39, 0.29) is 18.4 Å². The molecular weight excluding hydrogens is 456 g/mol. The summed E-state index contributed by atoms with van der Waals surface area (Å²) < 4.78 is 11.8. The number of carbonyl (C=O) groups is 2. The Kier molecular flexibility index (Phi) is 6.91. The number of imide groups is 1. The Morgan fingerprint density at radius 3 is 2.25 bits per heavy atom. The van der Waals surface area contributed by atoms with Crippen LogP contribution in [0.25, 0.3) is 0 Å². The molecule has 0 bridgehead atoms. The maximum Gasteiger partial charge on any atom is 0.262 e. The summed E-state index contributed by atoms with van der Waals surface area (Å²) >= 11 is 0. The molecule has 0 saturated carbocycles. The van der Waals surface area contributed by atoms with Crippen molar-refractivity contribution in [2.45, 2.75) is 39.0 Å². The van der Waals surface area contributed by atoms with E-state index in [0.717, 1.165) is 23.2 Å². The van der Waals surface area contributed by atoms with Crippen molar-refractivity contribution in [1.82, 2.24) is 4.90 Å². The highest BCUT2D eigenvalue weighted by Gasteiger charge is 2.59. The van der Waals surface area contributed by atoms with Crippen LogP contribution in [0.15, 0.2) is 78.9 Å². The van der Waals surface area contributed by atoms with Crippen LogP contribution >= 0.6 is 0 Å². The molecule has 0 spiro atoms. The van der Waals surface area contributed by atoms with Crippen molar-refractivity contribution in [3.8, 4) is 11.5 Å². The molecule has 2 amide bonds. The monoisotopic (exact) mass is 486 g/mol. The maximum absolute atomic E-state index is 13.7. The van der Waals surface area contributed by atoms with Crippen molar-refractivity contribution < 1.29 is 23.9 Å². The number of likely N-dealkylation sites (tertiary alicyclic amines) is 1.